The van der Waals surface area contributed by atoms with E-state index in [4.69, 9.17) is 5.73 Å². The molecule has 1 amide bonds. The van der Waals surface area contributed by atoms with Gasteiger partial charge in [-0.05, 0) is 25.5 Å². The van der Waals surface area contributed by atoms with Crippen molar-refractivity contribution in [1.29, 1.82) is 0 Å². The summed E-state index contributed by atoms with van der Waals surface area (Å²) in [4.78, 5) is 16.1. The zero-order chi connectivity index (χ0) is 12.7. The van der Waals surface area contributed by atoms with E-state index in [1.54, 1.807) is 6.07 Å². The van der Waals surface area contributed by atoms with Crippen LogP contribution in [0.25, 0.3) is 0 Å². The molecular weight excluding hydrogens is 214 g/mol. The minimum Gasteiger partial charge on any atom is -0.347 e. The number of hydrogen-bond donors (Lipinski definition) is 2. The molecule has 0 spiro atoms. The molecule has 4 nitrogen and oxygen atoms in total. The molecule has 0 aliphatic rings. The molecule has 1 aromatic rings. The molecule has 94 valence electrons. The predicted molar refractivity (Wildman–Crippen MR) is 68.8 cm³/mol. The Bertz CT molecular complexity index is 365. The topological polar surface area (TPSA) is 68.0 Å². The van der Waals surface area contributed by atoms with Gasteiger partial charge in [0.2, 0.25) is 0 Å². The smallest absolute Gasteiger partial charge is 0.270 e. The van der Waals surface area contributed by atoms with E-state index >= 15 is 0 Å². The number of hydrogen-bond acceptors (Lipinski definition) is 3. The monoisotopic (exact) mass is 235 g/mol. The van der Waals surface area contributed by atoms with Gasteiger partial charge in [-0.15, -0.1) is 0 Å². The highest BCUT2D eigenvalue weighted by molar-refractivity contribution is 5.92. The highest BCUT2D eigenvalue weighted by Crippen LogP contribution is 2.02. The van der Waals surface area contributed by atoms with Gasteiger partial charge >= 0.3 is 0 Å². The molecule has 0 radical (unpaired) electrons. The first-order valence-corrected chi connectivity index (χ1v) is 6.12. The van der Waals surface area contributed by atoms with Crippen molar-refractivity contribution in [3.63, 3.8) is 0 Å². The second kappa shape index (κ2) is 7.01. The third kappa shape index (κ3) is 4.53. The van der Waals surface area contributed by atoms with Crippen LogP contribution in [0, 0.1) is 6.92 Å². The first-order chi connectivity index (χ1) is 8.17. The summed E-state index contributed by atoms with van der Waals surface area (Å²) in [6.07, 6.45) is 3.10. The molecule has 1 unspecified atom stereocenters. The lowest BCUT2D eigenvalue weighted by Gasteiger charge is -2.16. The number of rotatable bonds is 6. The maximum absolute atomic E-state index is 11.9. The number of nitrogens with two attached hydrogens (primary N) is 1. The van der Waals surface area contributed by atoms with Crippen molar-refractivity contribution in [3.05, 3.63) is 29.6 Å². The second-order valence-corrected chi connectivity index (χ2v) is 4.21. The number of carbonyl (C=O) groups excluding carboxylic acids is 1. The molecular formula is C13H21N3O. The van der Waals surface area contributed by atoms with E-state index < -0.39 is 0 Å². The number of carbonyl (C=O) groups is 1. The van der Waals surface area contributed by atoms with Crippen LogP contribution in [0.2, 0.25) is 0 Å². The number of amides is 1. The summed E-state index contributed by atoms with van der Waals surface area (Å²) in [6.45, 7) is 4.46. The second-order valence-electron chi connectivity index (χ2n) is 4.21. The van der Waals surface area contributed by atoms with Gasteiger partial charge in [0.15, 0.2) is 0 Å². The molecule has 4 heteroatoms. The molecule has 0 aromatic carbocycles. The Labute approximate surface area is 103 Å². The van der Waals surface area contributed by atoms with Crippen LogP contribution in [0.3, 0.4) is 0 Å². The Morgan fingerprint density at radius 2 is 2.29 bits per heavy atom. The van der Waals surface area contributed by atoms with Crippen molar-refractivity contribution in [2.45, 2.75) is 39.2 Å². The van der Waals surface area contributed by atoms with E-state index in [1.165, 1.54) is 0 Å². The normalized spacial score (nSPS) is 12.2. The van der Waals surface area contributed by atoms with Gasteiger partial charge < -0.3 is 11.1 Å². The molecule has 17 heavy (non-hydrogen) atoms. The average Bonchev–Trinajstić information content (AvgIpc) is 2.34. The van der Waals surface area contributed by atoms with Crippen molar-refractivity contribution < 1.29 is 4.79 Å². The van der Waals surface area contributed by atoms with Gasteiger partial charge in [-0.1, -0.05) is 25.8 Å². The quantitative estimate of drug-likeness (QED) is 0.787. The summed E-state index contributed by atoms with van der Waals surface area (Å²) in [5.74, 6) is -0.139. The number of pyridine rings is 1. The van der Waals surface area contributed by atoms with E-state index in [9.17, 15) is 4.79 Å². The Balaban J connectivity index is 2.58. The van der Waals surface area contributed by atoms with E-state index in [0.29, 0.717) is 12.2 Å². The van der Waals surface area contributed by atoms with Crippen LogP contribution in [0.15, 0.2) is 18.2 Å². The molecule has 0 fully saturated rings. The van der Waals surface area contributed by atoms with Crippen molar-refractivity contribution >= 4 is 5.91 Å². The van der Waals surface area contributed by atoms with Crippen LogP contribution in [-0.2, 0) is 0 Å². The lowest BCUT2D eigenvalue weighted by Crippen LogP contribution is -2.40. The van der Waals surface area contributed by atoms with Gasteiger partial charge in [-0.2, -0.15) is 0 Å². The standard InChI is InChI=1S/C13H21N3O/c1-3-4-7-11(9-14)16-13(17)12-8-5-6-10(2)15-12/h5-6,8,11H,3-4,7,9,14H2,1-2H3,(H,16,17). The Morgan fingerprint density at radius 1 is 1.53 bits per heavy atom. The average molecular weight is 235 g/mol. The van der Waals surface area contributed by atoms with Gasteiger partial charge in [-0.25, -0.2) is 4.98 Å². The first kappa shape index (κ1) is 13.6. The number of nitrogens with one attached hydrogen (secondary N) is 1. The fraction of sp³-hybridized carbons (Fsp3) is 0.538. The van der Waals surface area contributed by atoms with Crippen LogP contribution in [0.4, 0.5) is 0 Å². The Hall–Kier alpha value is -1.42. The number of aryl methyl sites for hydroxylation is 1. The fourth-order valence-corrected chi connectivity index (χ4v) is 1.63. The lowest BCUT2D eigenvalue weighted by molar-refractivity contribution is 0.0930. The van der Waals surface area contributed by atoms with E-state index in [1.807, 2.05) is 19.1 Å². The van der Waals surface area contributed by atoms with Crippen LogP contribution in [0.1, 0.15) is 42.4 Å². The summed E-state index contributed by atoms with van der Waals surface area (Å²) in [6, 6.07) is 5.47. The summed E-state index contributed by atoms with van der Waals surface area (Å²) in [5, 5.41) is 2.92. The number of nitrogens with zero attached hydrogens (tertiary/aromatic N) is 1. The van der Waals surface area contributed by atoms with Gasteiger partial charge in [0.05, 0.1) is 0 Å². The van der Waals surface area contributed by atoms with Crippen molar-refractivity contribution in [3.8, 4) is 0 Å². The zero-order valence-corrected chi connectivity index (χ0v) is 10.6. The van der Waals surface area contributed by atoms with Crippen LogP contribution in [-0.4, -0.2) is 23.5 Å². The molecule has 0 bridgehead atoms. The molecule has 0 saturated heterocycles. The maximum atomic E-state index is 11.9. The van der Waals surface area contributed by atoms with Crippen LogP contribution < -0.4 is 11.1 Å². The number of unbranched alkanes of at least 4 members (excludes halogenated alkanes) is 1. The maximum Gasteiger partial charge on any atom is 0.270 e. The fourth-order valence-electron chi connectivity index (χ4n) is 1.63. The van der Waals surface area contributed by atoms with Gasteiger partial charge in [0.25, 0.3) is 5.91 Å². The molecule has 1 rings (SSSR count). The van der Waals surface area contributed by atoms with E-state index in [0.717, 1.165) is 25.0 Å². The van der Waals surface area contributed by atoms with Crippen molar-refractivity contribution in [2.24, 2.45) is 5.73 Å². The van der Waals surface area contributed by atoms with E-state index in [2.05, 4.69) is 17.2 Å². The Kier molecular flexibility index (Phi) is 5.63. The number of aromatic nitrogens is 1. The molecule has 0 aliphatic carbocycles. The predicted octanol–water partition coefficient (Wildman–Crippen LogP) is 1.64. The first-order valence-electron chi connectivity index (χ1n) is 6.12. The molecule has 0 saturated carbocycles. The SMILES string of the molecule is CCCCC(CN)NC(=O)c1cccc(C)n1. The van der Waals surface area contributed by atoms with Gasteiger partial charge in [-0.3, -0.25) is 4.79 Å². The van der Waals surface area contributed by atoms with Crippen molar-refractivity contribution in [1.82, 2.24) is 10.3 Å². The molecule has 0 aliphatic heterocycles. The molecule has 1 aromatic heterocycles. The molecule has 1 atom stereocenters. The van der Waals surface area contributed by atoms with Crippen molar-refractivity contribution in [2.75, 3.05) is 6.54 Å². The third-order valence-corrected chi connectivity index (χ3v) is 2.65. The minimum atomic E-state index is -0.139. The summed E-state index contributed by atoms with van der Waals surface area (Å²) < 4.78 is 0. The van der Waals surface area contributed by atoms with E-state index in [-0.39, 0.29) is 11.9 Å². The van der Waals surface area contributed by atoms with Crippen LogP contribution in [0.5, 0.6) is 0 Å². The van der Waals surface area contributed by atoms with Crippen LogP contribution >= 0.6 is 0 Å². The molecule has 3 N–H and O–H groups in total. The minimum absolute atomic E-state index is 0.0461. The zero-order valence-electron chi connectivity index (χ0n) is 10.6. The summed E-state index contributed by atoms with van der Waals surface area (Å²) in [5.41, 5.74) is 6.94. The highest BCUT2D eigenvalue weighted by atomic mass is 16.1. The summed E-state index contributed by atoms with van der Waals surface area (Å²) >= 11 is 0. The Morgan fingerprint density at radius 3 is 2.88 bits per heavy atom. The largest absolute Gasteiger partial charge is 0.347 e. The van der Waals surface area contributed by atoms with Gasteiger partial charge in [0.1, 0.15) is 5.69 Å². The lowest BCUT2D eigenvalue weighted by atomic mass is 10.1. The molecule has 1 heterocycles. The van der Waals surface area contributed by atoms with Gasteiger partial charge in [0, 0.05) is 18.3 Å². The summed E-state index contributed by atoms with van der Waals surface area (Å²) in [7, 11) is 0. The highest BCUT2D eigenvalue weighted by Gasteiger charge is 2.12. The third-order valence-electron chi connectivity index (χ3n) is 2.65.